The first kappa shape index (κ1) is 19.0. The molecule has 23 heavy (non-hydrogen) atoms. The molecule has 0 atom stereocenters. The van der Waals surface area contributed by atoms with Crippen molar-refractivity contribution in [2.75, 3.05) is 0 Å². The van der Waals surface area contributed by atoms with Crippen LogP contribution in [-0.4, -0.2) is 4.92 Å². The minimum absolute atomic E-state index is 0.148. The second kappa shape index (κ2) is 7.00. The van der Waals surface area contributed by atoms with Gasteiger partial charge in [0.15, 0.2) is 0 Å². The number of aryl methyl sites for hydroxylation is 1. The first-order chi connectivity index (χ1) is 10.4. The van der Waals surface area contributed by atoms with E-state index in [1.54, 1.807) is 12.1 Å². The molecular weight excluding hydrogens is 340 g/mol. The fourth-order valence-corrected chi connectivity index (χ4v) is 1.84. The fraction of sp³-hybridized carbons (Fsp3) is 0.143. The molecule has 0 spiro atoms. The van der Waals surface area contributed by atoms with Gasteiger partial charge in [-0.3, -0.25) is 10.1 Å². The van der Waals surface area contributed by atoms with Crippen molar-refractivity contribution >= 4 is 13.8 Å². The summed E-state index contributed by atoms with van der Waals surface area (Å²) >= 11 is 0. The molecule has 0 aromatic heterocycles. The van der Waals surface area contributed by atoms with Crippen molar-refractivity contribution < 1.29 is 25.9 Å². The van der Waals surface area contributed by atoms with E-state index in [-0.39, 0.29) is 10.6 Å². The molecule has 0 aliphatic heterocycles. The van der Waals surface area contributed by atoms with Gasteiger partial charge in [0.05, 0.1) is 4.92 Å². The Morgan fingerprint density at radius 2 is 1.43 bits per heavy atom. The first-order valence-corrected chi connectivity index (χ1v) is 7.97. The van der Waals surface area contributed by atoms with Crippen LogP contribution in [-0.2, 0) is 6.42 Å². The zero-order valence-corrected chi connectivity index (χ0v) is 12.8. The van der Waals surface area contributed by atoms with Crippen molar-refractivity contribution in [1.29, 1.82) is 0 Å². The van der Waals surface area contributed by atoms with Crippen molar-refractivity contribution in [2.45, 2.75) is 13.3 Å². The quantitative estimate of drug-likeness (QED) is 0.275. The SMILES string of the molecule is Cc1cccc(Cc2cccc([N+](=O)[O-])c2)c1.FP(F)(F)(F)F. The Morgan fingerprint density at radius 3 is 1.91 bits per heavy atom. The molecule has 2 rings (SSSR count). The summed E-state index contributed by atoms with van der Waals surface area (Å²) in [5.74, 6) is 0. The maximum atomic E-state index is 10.7. The van der Waals surface area contributed by atoms with Gasteiger partial charge in [-0.1, -0.05) is 42.0 Å². The molecule has 0 amide bonds. The second-order valence-electron chi connectivity index (χ2n) is 4.73. The number of non-ortho nitro benzene ring substituents is 1. The molecule has 2 aromatic carbocycles. The Kier molecular flexibility index (Phi) is 5.77. The summed E-state index contributed by atoms with van der Waals surface area (Å²) in [5, 5.41) is 10.7. The number of benzene rings is 2. The van der Waals surface area contributed by atoms with E-state index in [1.807, 2.05) is 31.2 Å². The summed E-state index contributed by atoms with van der Waals surface area (Å²) in [5.41, 5.74) is 3.48. The number of nitrogens with zero attached hydrogens (tertiary/aromatic N) is 1. The normalized spacial score (nSPS) is 12.5. The van der Waals surface area contributed by atoms with Crippen molar-refractivity contribution in [2.24, 2.45) is 0 Å². The summed E-state index contributed by atoms with van der Waals surface area (Å²) < 4.78 is 49.2. The molecule has 0 saturated carbocycles. The molecule has 0 N–H and O–H groups in total. The number of hydrogen-bond acceptors (Lipinski definition) is 2. The molecule has 9 heteroatoms. The summed E-state index contributed by atoms with van der Waals surface area (Å²) in [6.07, 6.45) is 0.726. The standard InChI is InChI=1S/C14H13NO2.F5P/c1-11-4-2-5-12(8-11)9-13-6-3-7-14(10-13)15(16)17;1-6(2,3,4)5/h2-8,10H,9H2,1H3;. The first-order valence-electron chi connectivity index (χ1n) is 6.28. The Hall–Kier alpha value is -2.08. The Labute approximate surface area is 129 Å². The van der Waals surface area contributed by atoms with Crippen LogP contribution in [0.5, 0.6) is 0 Å². The van der Waals surface area contributed by atoms with E-state index in [2.05, 4.69) is 6.07 Å². The topological polar surface area (TPSA) is 43.1 Å². The fourth-order valence-electron chi connectivity index (χ4n) is 1.84. The van der Waals surface area contributed by atoms with Crippen LogP contribution in [0.25, 0.3) is 0 Å². The monoisotopic (exact) mass is 353 g/mol. The van der Waals surface area contributed by atoms with Crippen LogP contribution in [0, 0.1) is 17.0 Å². The van der Waals surface area contributed by atoms with Gasteiger partial charge in [-0.25, -0.2) is 0 Å². The molecule has 0 unspecified atom stereocenters. The molecule has 0 aliphatic rings. The van der Waals surface area contributed by atoms with E-state index in [4.69, 9.17) is 0 Å². The van der Waals surface area contributed by atoms with E-state index >= 15 is 0 Å². The van der Waals surface area contributed by atoms with E-state index in [0.29, 0.717) is 0 Å². The van der Waals surface area contributed by atoms with Crippen LogP contribution in [0.15, 0.2) is 48.5 Å². The molecule has 126 valence electrons. The average Bonchev–Trinajstić information content (AvgIpc) is 2.36. The molecule has 0 saturated heterocycles. The van der Waals surface area contributed by atoms with Crippen molar-refractivity contribution in [3.63, 3.8) is 0 Å². The summed E-state index contributed by atoms with van der Waals surface area (Å²) in [6.45, 7) is 2.04. The minimum atomic E-state index is -8.55. The Balaban J connectivity index is 0.000000379. The van der Waals surface area contributed by atoms with Crippen LogP contribution in [0.4, 0.5) is 26.7 Å². The third-order valence-electron chi connectivity index (χ3n) is 2.61. The molecule has 0 radical (unpaired) electrons. The van der Waals surface area contributed by atoms with Gasteiger partial charge in [0, 0.05) is 12.1 Å². The van der Waals surface area contributed by atoms with E-state index in [0.717, 1.165) is 12.0 Å². The van der Waals surface area contributed by atoms with Gasteiger partial charge >= 0.3 is 29.1 Å². The Morgan fingerprint density at radius 1 is 0.957 bits per heavy atom. The van der Waals surface area contributed by atoms with Crippen molar-refractivity contribution in [1.82, 2.24) is 0 Å². The molecule has 2 aromatic rings. The second-order valence-corrected chi connectivity index (χ2v) is 6.01. The summed E-state index contributed by atoms with van der Waals surface area (Å²) in [6, 6.07) is 14.9. The van der Waals surface area contributed by atoms with Gasteiger partial charge in [-0.2, -0.15) is 0 Å². The molecule has 0 heterocycles. The summed E-state index contributed by atoms with van der Waals surface area (Å²) in [4.78, 5) is 10.3. The van der Waals surface area contributed by atoms with E-state index in [9.17, 15) is 31.1 Å². The van der Waals surface area contributed by atoms with Gasteiger partial charge < -0.3 is 0 Å². The number of hydrogen-bond donors (Lipinski definition) is 0. The Bertz CT molecular complexity index is 684. The number of rotatable bonds is 3. The van der Waals surface area contributed by atoms with Gasteiger partial charge in [0.25, 0.3) is 5.69 Å². The molecule has 3 nitrogen and oxygen atoms in total. The number of halogens is 5. The van der Waals surface area contributed by atoms with Crippen LogP contribution in [0.2, 0.25) is 0 Å². The average molecular weight is 353 g/mol. The van der Waals surface area contributed by atoms with Crippen LogP contribution in [0.1, 0.15) is 16.7 Å². The molecule has 0 fully saturated rings. The third kappa shape index (κ3) is 9.52. The predicted molar refractivity (Wildman–Crippen MR) is 79.5 cm³/mol. The third-order valence-corrected chi connectivity index (χ3v) is 2.61. The van der Waals surface area contributed by atoms with E-state index in [1.165, 1.54) is 17.2 Å². The molecule has 0 bridgehead atoms. The summed E-state index contributed by atoms with van der Waals surface area (Å²) in [7, 11) is -8.55. The van der Waals surface area contributed by atoms with E-state index < -0.39 is 8.16 Å². The predicted octanol–water partition coefficient (Wildman–Crippen LogP) is 6.46. The molecular formula is C14H13F5NO2P. The van der Waals surface area contributed by atoms with Gasteiger partial charge in [-0.15, -0.1) is 0 Å². The van der Waals surface area contributed by atoms with Crippen molar-refractivity contribution in [3.8, 4) is 0 Å². The molecule has 0 aliphatic carbocycles. The van der Waals surface area contributed by atoms with Crippen molar-refractivity contribution in [3.05, 3.63) is 75.3 Å². The van der Waals surface area contributed by atoms with Crippen LogP contribution in [0.3, 0.4) is 0 Å². The van der Waals surface area contributed by atoms with Gasteiger partial charge in [0.2, 0.25) is 0 Å². The van der Waals surface area contributed by atoms with Gasteiger partial charge in [-0.05, 0) is 24.5 Å². The maximum absolute atomic E-state index is 10.7. The zero-order valence-electron chi connectivity index (χ0n) is 11.9. The van der Waals surface area contributed by atoms with Gasteiger partial charge in [0.1, 0.15) is 0 Å². The van der Waals surface area contributed by atoms with Crippen LogP contribution < -0.4 is 0 Å². The van der Waals surface area contributed by atoms with Crippen LogP contribution >= 0.6 is 8.16 Å². The number of nitro groups is 1. The number of nitro benzene ring substituents is 1. The zero-order chi connectivity index (χ0) is 17.7.